The number of aromatic amines is 1. The Hall–Kier alpha value is -2.55. The van der Waals surface area contributed by atoms with Crippen molar-refractivity contribution in [2.45, 2.75) is 52.3 Å². The van der Waals surface area contributed by atoms with Crippen LogP contribution in [-0.4, -0.2) is 30.1 Å². The van der Waals surface area contributed by atoms with Gasteiger partial charge in [-0.05, 0) is 43.9 Å². The van der Waals surface area contributed by atoms with Crippen LogP contribution in [0.4, 0.5) is 18.9 Å². The minimum absolute atomic E-state index is 0.190. The summed E-state index contributed by atoms with van der Waals surface area (Å²) in [6.45, 7) is 9.44. The normalized spacial score (nSPS) is 19.0. The second-order valence-electron chi connectivity index (χ2n) is 9.42. The number of hydroxylamine groups is 1. The number of H-pyrrole nitrogens is 1. The highest BCUT2D eigenvalue weighted by atomic mass is 19.4. The number of nitrogens with one attached hydrogen (secondary N) is 2. The van der Waals surface area contributed by atoms with E-state index in [1.54, 1.807) is 32.7 Å². The van der Waals surface area contributed by atoms with Crippen LogP contribution >= 0.6 is 0 Å². The van der Waals surface area contributed by atoms with Gasteiger partial charge in [-0.25, -0.2) is 5.48 Å². The predicted molar refractivity (Wildman–Crippen MR) is 108 cm³/mol. The maximum atomic E-state index is 13.8. The van der Waals surface area contributed by atoms with E-state index in [1.807, 2.05) is 13.8 Å². The van der Waals surface area contributed by atoms with Gasteiger partial charge >= 0.3 is 6.18 Å². The summed E-state index contributed by atoms with van der Waals surface area (Å²) in [5.74, 6) is -1.24. The largest absolute Gasteiger partial charge is 0.418 e. The maximum absolute atomic E-state index is 13.8. The van der Waals surface area contributed by atoms with E-state index in [0.29, 0.717) is 17.8 Å². The third-order valence-electron chi connectivity index (χ3n) is 5.19. The number of hydrogen-bond acceptors (Lipinski definition) is 4. The number of alkyl halides is 3. The first-order chi connectivity index (χ1) is 13.6. The molecule has 3 rings (SSSR count). The minimum atomic E-state index is -4.67. The monoisotopic (exact) mass is 425 g/mol. The van der Waals surface area contributed by atoms with Crippen LogP contribution in [0.1, 0.15) is 51.7 Å². The average Bonchev–Trinajstić information content (AvgIpc) is 2.56. The van der Waals surface area contributed by atoms with Gasteiger partial charge in [0.15, 0.2) is 0 Å². The second kappa shape index (κ2) is 7.01. The highest BCUT2D eigenvalue weighted by Crippen LogP contribution is 2.50. The number of rotatable bonds is 2. The number of amides is 1. The summed E-state index contributed by atoms with van der Waals surface area (Å²) < 4.78 is 41.3. The van der Waals surface area contributed by atoms with Crippen molar-refractivity contribution < 1.29 is 22.8 Å². The number of carbonyl (C=O) groups is 1. The molecule has 1 aliphatic heterocycles. The molecule has 1 aromatic heterocycles. The number of hydrogen-bond donors (Lipinski definition) is 2. The number of anilines is 1. The summed E-state index contributed by atoms with van der Waals surface area (Å²) in [5, 5.41) is 0.190. The molecule has 1 amide bonds. The number of aromatic nitrogens is 1. The predicted octanol–water partition coefficient (Wildman–Crippen LogP) is 3.95. The summed E-state index contributed by atoms with van der Waals surface area (Å²) in [7, 11) is 1.69. The van der Waals surface area contributed by atoms with Crippen LogP contribution in [0.3, 0.4) is 0 Å². The van der Waals surface area contributed by atoms with Gasteiger partial charge in [0.1, 0.15) is 0 Å². The quantitative estimate of drug-likeness (QED) is 0.715. The van der Waals surface area contributed by atoms with Crippen molar-refractivity contribution in [3.63, 3.8) is 0 Å². The van der Waals surface area contributed by atoms with E-state index in [9.17, 15) is 22.8 Å². The molecule has 0 saturated carbocycles. The van der Waals surface area contributed by atoms with Gasteiger partial charge in [0.2, 0.25) is 5.56 Å². The molecule has 1 aromatic carbocycles. The van der Waals surface area contributed by atoms with Crippen LogP contribution in [-0.2, 0) is 15.8 Å². The molecule has 9 heteroatoms. The fourth-order valence-electron chi connectivity index (χ4n) is 4.11. The Morgan fingerprint density at radius 2 is 1.90 bits per heavy atom. The van der Waals surface area contributed by atoms with E-state index in [-0.39, 0.29) is 10.9 Å². The van der Waals surface area contributed by atoms with E-state index in [4.69, 9.17) is 4.84 Å². The van der Waals surface area contributed by atoms with E-state index in [1.165, 1.54) is 12.1 Å². The lowest BCUT2D eigenvalue weighted by molar-refractivity contribution is -0.149. The molecule has 30 heavy (non-hydrogen) atoms. The molecular weight excluding hydrogens is 399 g/mol. The van der Waals surface area contributed by atoms with Gasteiger partial charge < -0.3 is 9.88 Å². The van der Waals surface area contributed by atoms with Crippen molar-refractivity contribution in [1.29, 1.82) is 0 Å². The molecule has 2 heterocycles. The molecule has 0 bridgehead atoms. The van der Waals surface area contributed by atoms with Crippen LogP contribution in [0.2, 0.25) is 0 Å². The number of pyridine rings is 1. The van der Waals surface area contributed by atoms with Crippen LogP contribution in [0.15, 0.2) is 23.0 Å². The van der Waals surface area contributed by atoms with Crippen molar-refractivity contribution in [2.75, 3.05) is 18.5 Å². The van der Waals surface area contributed by atoms with Crippen LogP contribution < -0.4 is 15.9 Å². The first-order valence-corrected chi connectivity index (χ1v) is 9.58. The summed E-state index contributed by atoms with van der Waals surface area (Å²) >= 11 is 0. The average molecular weight is 425 g/mol. The highest BCUT2D eigenvalue weighted by molar-refractivity contribution is 5.98. The maximum Gasteiger partial charge on any atom is 0.418 e. The third kappa shape index (κ3) is 4.03. The summed E-state index contributed by atoms with van der Waals surface area (Å²) in [6.07, 6.45) is -4.67. The van der Waals surface area contributed by atoms with Gasteiger partial charge in [-0.2, -0.15) is 13.2 Å². The molecule has 0 aliphatic carbocycles. The second-order valence-corrected chi connectivity index (χ2v) is 9.42. The zero-order valence-electron chi connectivity index (χ0n) is 17.8. The molecule has 1 aliphatic rings. The number of nitrogens with zero attached hydrogens (tertiary/aromatic N) is 1. The fraction of sp³-hybridized carbons (Fsp3) is 0.524. The van der Waals surface area contributed by atoms with Crippen molar-refractivity contribution in [3.8, 4) is 0 Å². The van der Waals surface area contributed by atoms with Crippen molar-refractivity contribution in [2.24, 2.45) is 5.41 Å². The standard InChI is InChI=1S/C21H26F3N3O3/c1-19(2,3)30-26-18(29)16-15-11-7-8-14(28)25-17(11)12(21(22,23)24)9-13(15)27(6)10-20(16,4)5/h7-9,16H,10H2,1-6H3,(H,25,28)(H,26,29). The van der Waals surface area contributed by atoms with Crippen molar-refractivity contribution >= 4 is 22.5 Å². The van der Waals surface area contributed by atoms with Gasteiger partial charge in [0.05, 0.1) is 22.6 Å². The molecule has 0 radical (unpaired) electrons. The molecular formula is C21H26F3N3O3. The number of carbonyl (C=O) groups excluding carboxylic acids is 1. The van der Waals surface area contributed by atoms with Gasteiger partial charge in [0, 0.05) is 30.7 Å². The SMILES string of the molecule is CN1CC(C)(C)C(C(=O)NOC(C)(C)C)c2c1cc(C(F)(F)F)c1[nH]c(=O)ccc21. The molecule has 1 unspecified atom stereocenters. The molecule has 0 saturated heterocycles. The van der Waals surface area contributed by atoms with Gasteiger partial charge in [-0.1, -0.05) is 13.8 Å². The number of halogens is 3. The third-order valence-corrected chi connectivity index (χ3v) is 5.19. The summed E-state index contributed by atoms with van der Waals surface area (Å²) in [6, 6.07) is 3.53. The molecule has 1 atom stereocenters. The topological polar surface area (TPSA) is 74.4 Å². The smallest absolute Gasteiger partial charge is 0.374 e. The molecule has 0 fully saturated rings. The van der Waals surface area contributed by atoms with E-state index < -0.39 is 40.1 Å². The molecule has 6 nitrogen and oxygen atoms in total. The van der Waals surface area contributed by atoms with E-state index >= 15 is 0 Å². The van der Waals surface area contributed by atoms with Gasteiger partial charge in [-0.3, -0.25) is 14.4 Å². The lowest BCUT2D eigenvalue weighted by Gasteiger charge is -2.45. The lowest BCUT2D eigenvalue weighted by atomic mass is 9.69. The highest BCUT2D eigenvalue weighted by Gasteiger charge is 2.46. The Morgan fingerprint density at radius 1 is 1.27 bits per heavy atom. The Morgan fingerprint density at radius 3 is 2.47 bits per heavy atom. The number of benzene rings is 1. The Bertz CT molecular complexity index is 1050. The van der Waals surface area contributed by atoms with Crippen molar-refractivity contribution in [3.05, 3.63) is 39.7 Å². The molecule has 2 N–H and O–H groups in total. The van der Waals surface area contributed by atoms with E-state index in [2.05, 4.69) is 10.5 Å². The zero-order valence-corrected chi connectivity index (χ0v) is 17.8. The summed E-state index contributed by atoms with van der Waals surface area (Å²) in [5.41, 5.74) is 0.0478. The van der Waals surface area contributed by atoms with Gasteiger partial charge in [-0.15, -0.1) is 0 Å². The van der Waals surface area contributed by atoms with E-state index in [0.717, 1.165) is 6.07 Å². The van der Waals surface area contributed by atoms with Crippen molar-refractivity contribution in [1.82, 2.24) is 10.5 Å². The van der Waals surface area contributed by atoms with Gasteiger partial charge in [0.25, 0.3) is 5.91 Å². The van der Waals surface area contributed by atoms with Crippen LogP contribution in [0, 0.1) is 5.41 Å². The minimum Gasteiger partial charge on any atom is -0.374 e. The lowest BCUT2D eigenvalue weighted by Crippen LogP contribution is -2.48. The molecule has 164 valence electrons. The molecule has 0 spiro atoms. The Kier molecular flexibility index (Phi) is 5.17. The Balaban J connectivity index is 2.30. The first kappa shape index (κ1) is 22.1. The summed E-state index contributed by atoms with van der Waals surface area (Å²) in [4.78, 5) is 34.5. The van der Waals surface area contributed by atoms with Crippen LogP contribution in [0.25, 0.3) is 10.9 Å². The van der Waals surface area contributed by atoms with Crippen LogP contribution in [0.5, 0.6) is 0 Å². The Labute approximate surface area is 172 Å². The first-order valence-electron chi connectivity index (χ1n) is 9.58. The zero-order chi connectivity index (χ0) is 22.6. The number of fused-ring (bicyclic) bond motifs is 3. The fourth-order valence-corrected chi connectivity index (χ4v) is 4.11. The molecule has 2 aromatic rings.